The molecule has 0 bridgehead atoms. The van der Waals surface area contributed by atoms with E-state index in [1.807, 2.05) is 12.1 Å². The number of amides is 3. The third-order valence-electron chi connectivity index (χ3n) is 15.3. The van der Waals surface area contributed by atoms with Gasteiger partial charge in [0.25, 0.3) is 72.5 Å². The van der Waals surface area contributed by atoms with E-state index < -0.39 is 114 Å². The predicted octanol–water partition coefficient (Wildman–Crippen LogP) is 5.99. The van der Waals surface area contributed by atoms with Crippen LogP contribution in [0.4, 0.5) is 11.4 Å². The molecule has 0 saturated heterocycles. The highest BCUT2D eigenvalue weighted by atomic mass is 32.2. The normalized spacial score (nSPS) is 17.0. The van der Waals surface area contributed by atoms with Gasteiger partial charge in [-0.05, 0) is 121 Å². The fourth-order valence-electron chi connectivity index (χ4n) is 11.4. The average Bonchev–Trinajstić information content (AvgIpc) is 1.62. The lowest BCUT2D eigenvalue weighted by Crippen LogP contribution is -2.38. The fraction of sp³-hybridized carbons (Fsp3) is 0.321. The molecule has 0 aromatic heterocycles. The van der Waals surface area contributed by atoms with Gasteiger partial charge in [0.15, 0.2) is 5.71 Å². The van der Waals surface area contributed by atoms with Gasteiger partial charge < -0.3 is 10.2 Å². The molecule has 8 rings (SSSR count). The van der Waals surface area contributed by atoms with E-state index >= 15 is 0 Å². The summed E-state index contributed by atoms with van der Waals surface area (Å²) in [7, 11) is -29.6. The van der Waals surface area contributed by atoms with Crippen molar-refractivity contribution < 1.29 is 96.8 Å². The summed E-state index contributed by atoms with van der Waals surface area (Å²) in [6.07, 6.45) is 10.1. The molecule has 31 heteroatoms. The number of anilines is 1. The third kappa shape index (κ3) is 14.7. The molecule has 0 aliphatic carbocycles. The van der Waals surface area contributed by atoms with Gasteiger partial charge in [0, 0.05) is 89.9 Å². The summed E-state index contributed by atoms with van der Waals surface area (Å²) in [4.78, 5) is 35.9. The zero-order chi connectivity index (χ0) is 64.2. The molecule has 0 fully saturated rings. The molecule has 0 unspecified atom stereocenters. The highest BCUT2D eigenvalue weighted by Crippen LogP contribution is 2.52. The zero-order valence-electron chi connectivity index (χ0n) is 47.0. The SMILES string of the molecule is CC1(C)C(/C=C/C(=C/C=C2/N(CCCS(=O)(=O)O)c3ccc4c(S(=O)(=O)O)cc(S(=O)(=O)O)cc4c3C2(C)C)c2cccc(CCCCC(=O)NCCN3C(=O)C=CC3=O)c2)=[N+](CCCS(=O)(=O)O)c2ccc3c(S(=O)(=O)O)cc(S(=O)(=O)O)cc3c21. The Kier molecular flexibility index (Phi) is 18.4. The molecular weight excluding hydrogens is 1260 g/mol. The number of allylic oxidation sites excluding steroid dienone is 6. The van der Waals surface area contributed by atoms with Gasteiger partial charge in [-0.1, -0.05) is 50.3 Å². The number of rotatable bonds is 24. The number of carbonyl (C=O) groups is 3. The highest BCUT2D eigenvalue weighted by Gasteiger charge is 2.47. The molecule has 0 saturated carbocycles. The second-order valence-corrected chi connectivity index (χ2v) is 30.8. The van der Waals surface area contributed by atoms with Gasteiger partial charge in [0.2, 0.25) is 11.6 Å². The Hall–Kier alpha value is -6.88. The van der Waals surface area contributed by atoms with Gasteiger partial charge in [-0.3, -0.25) is 46.6 Å². The number of fused-ring (bicyclic) bond motifs is 6. The summed E-state index contributed by atoms with van der Waals surface area (Å²) in [6.45, 7) is 6.62. The maximum absolute atomic E-state index is 12.8. The Morgan fingerprint density at radius 3 is 1.72 bits per heavy atom. The lowest BCUT2D eigenvalue weighted by atomic mass is 9.78. The smallest absolute Gasteiger partial charge is 0.295 e. The largest absolute Gasteiger partial charge is 0.354 e. The second-order valence-electron chi connectivity index (χ2n) is 22.0. The van der Waals surface area contributed by atoms with Gasteiger partial charge in [-0.25, -0.2) is 0 Å². The number of carbonyl (C=O) groups excluding carboxylic acids is 3. The van der Waals surface area contributed by atoms with Gasteiger partial charge in [-0.15, -0.1) is 0 Å². The van der Waals surface area contributed by atoms with Gasteiger partial charge in [0.05, 0.1) is 26.7 Å². The number of benzene rings is 5. The molecule has 3 aliphatic rings. The zero-order valence-corrected chi connectivity index (χ0v) is 51.9. The van der Waals surface area contributed by atoms with Gasteiger partial charge in [0.1, 0.15) is 16.3 Å². The molecule has 0 radical (unpaired) electrons. The lowest BCUT2D eigenvalue weighted by molar-refractivity contribution is -0.437. The molecular formula is C56H61N4O21S6+. The highest BCUT2D eigenvalue weighted by molar-refractivity contribution is 7.87. The van der Waals surface area contributed by atoms with Crippen LogP contribution in [0.5, 0.6) is 0 Å². The number of unbranched alkanes of at least 4 members (excludes halogenated alkanes) is 1. The monoisotopic (exact) mass is 1320 g/mol. The molecule has 3 amide bonds. The van der Waals surface area contributed by atoms with Crippen LogP contribution in [0.1, 0.15) is 82.1 Å². The van der Waals surface area contributed by atoms with Crippen LogP contribution >= 0.6 is 0 Å². The van der Waals surface area contributed by atoms with E-state index in [0.29, 0.717) is 65.3 Å². The molecule has 3 heterocycles. The number of imide groups is 1. The third-order valence-corrected chi connectivity index (χ3v) is 20.3. The van der Waals surface area contributed by atoms with Crippen molar-refractivity contribution in [1.82, 2.24) is 10.2 Å². The summed E-state index contributed by atoms with van der Waals surface area (Å²) in [5.74, 6) is -2.67. The van der Waals surface area contributed by atoms with Crippen LogP contribution in [-0.2, 0) is 92.3 Å². The van der Waals surface area contributed by atoms with Crippen molar-refractivity contribution in [2.75, 3.05) is 42.6 Å². The first-order chi connectivity index (χ1) is 40.2. The molecule has 5 aromatic carbocycles. The Balaban J connectivity index is 1.28. The van der Waals surface area contributed by atoms with Gasteiger partial charge in [-0.2, -0.15) is 55.1 Å². The van der Waals surface area contributed by atoms with E-state index in [-0.39, 0.29) is 84.0 Å². The Labute approximate surface area is 503 Å². The van der Waals surface area contributed by atoms with E-state index in [9.17, 15) is 92.2 Å². The second kappa shape index (κ2) is 24.2. The van der Waals surface area contributed by atoms with Crippen LogP contribution in [0, 0.1) is 0 Å². The predicted molar refractivity (Wildman–Crippen MR) is 320 cm³/mol. The summed E-state index contributed by atoms with van der Waals surface area (Å²) in [6, 6.07) is 16.1. The van der Waals surface area contributed by atoms with Crippen molar-refractivity contribution in [1.29, 1.82) is 0 Å². The topological polar surface area (TPSA) is 399 Å². The van der Waals surface area contributed by atoms with Crippen LogP contribution in [-0.4, -0.2) is 148 Å². The summed E-state index contributed by atoms with van der Waals surface area (Å²) in [5, 5.41) is 2.39. The van der Waals surface area contributed by atoms with Crippen LogP contribution in [0.2, 0.25) is 0 Å². The molecule has 25 nitrogen and oxygen atoms in total. The Morgan fingerprint density at radius 1 is 0.598 bits per heavy atom. The first-order valence-electron chi connectivity index (χ1n) is 26.6. The number of aryl methyl sites for hydroxylation is 1. The van der Waals surface area contributed by atoms with E-state index in [2.05, 4.69) is 5.32 Å². The van der Waals surface area contributed by atoms with Crippen molar-refractivity contribution in [3.05, 3.63) is 137 Å². The molecule has 87 heavy (non-hydrogen) atoms. The first-order valence-corrected chi connectivity index (χ1v) is 35.6. The molecule has 7 N–H and O–H groups in total. The Morgan fingerprint density at radius 2 is 1.16 bits per heavy atom. The van der Waals surface area contributed by atoms with Crippen molar-refractivity contribution in [3.63, 3.8) is 0 Å². The van der Waals surface area contributed by atoms with E-state index in [4.69, 9.17) is 0 Å². The van der Waals surface area contributed by atoms with Crippen molar-refractivity contribution in [2.24, 2.45) is 0 Å². The maximum atomic E-state index is 12.8. The summed E-state index contributed by atoms with van der Waals surface area (Å²) in [5.41, 5.74) is 1.21. The molecule has 466 valence electrons. The minimum atomic E-state index is -5.15. The van der Waals surface area contributed by atoms with Crippen LogP contribution in [0.3, 0.4) is 0 Å². The molecule has 3 aliphatic heterocycles. The van der Waals surface area contributed by atoms with E-state index in [1.54, 1.807) is 73.6 Å². The quantitative estimate of drug-likeness (QED) is 0.0123. The van der Waals surface area contributed by atoms with Gasteiger partial charge >= 0.3 is 0 Å². The van der Waals surface area contributed by atoms with Crippen LogP contribution in [0.25, 0.3) is 27.1 Å². The van der Waals surface area contributed by atoms with Crippen molar-refractivity contribution in [3.8, 4) is 0 Å². The van der Waals surface area contributed by atoms with Crippen LogP contribution in [0.15, 0.2) is 135 Å². The Bertz CT molecular complexity index is 4610. The lowest BCUT2D eigenvalue weighted by Gasteiger charge is -2.27. The minimum absolute atomic E-state index is 0.00414. The fourth-order valence-corrected chi connectivity index (χ4v) is 15.1. The van der Waals surface area contributed by atoms with Crippen LogP contribution < -0.4 is 10.2 Å². The number of hydrogen-bond donors (Lipinski definition) is 7. The standard InChI is InChI=1S/C56H60N4O21S6/c1-55(2)48(58(25-8-28-82(64,65)66)44-18-16-40-42(53(44)55)31-38(84(70,71)72)33-46(40)86(76,77)78)20-14-36(37-12-7-11-35(30-37)10-5-6-13-50(61)57-24-27-60-51(62)22-23-52(60)63)15-21-49-56(3,4)54-43-32-39(85(73,74)75)34-47(87(79,80)81)41(43)17-19-45(54)59(49)26-9-29-83(67,68)69/h7,11-12,14-23,30-34H,5-6,8-10,13,24-29H2,1-4H3,(H6-,57,61,64,65,66,67,68,69,70,71,72,73,74,75,76,77,78,79,80,81)/p+1. The molecule has 0 spiro atoms. The van der Waals surface area contributed by atoms with Crippen molar-refractivity contribution >= 4 is 123 Å². The van der Waals surface area contributed by atoms with E-state index in [1.165, 1.54) is 24.3 Å². The number of nitrogens with one attached hydrogen (secondary N) is 1. The first kappa shape index (κ1) is 66.1. The van der Waals surface area contributed by atoms with E-state index in [0.717, 1.165) is 34.7 Å². The minimum Gasteiger partial charge on any atom is -0.354 e. The average molecular weight is 1320 g/mol. The summed E-state index contributed by atoms with van der Waals surface area (Å²) >= 11 is 0. The maximum Gasteiger partial charge on any atom is 0.295 e. The summed E-state index contributed by atoms with van der Waals surface area (Å²) < 4.78 is 213. The number of nitrogens with zero attached hydrogens (tertiary/aromatic N) is 3. The number of hydrogen-bond acceptors (Lipinski definition) is 16. The molecule has 5 aromatic rings. The van der Waals surface area contributed by atoms with Crippen molar-refractivity contribution in [2.45, 2.75) is 96.6 Å². The molecule has 0 atom stereocenters.